The fourth-order valence-corrected chi connectivity index (χ4v) is 2.04. The van der Waals surface area contributed by atoms with Gasteiger partial charge in [-0.2, -0.15) is 0 Å². The van der Waals surface area contributed by atoms with E-state index in [0.717, 1.165) is 25.1 Å². The van der Waals surface area contributed by atoms with Gasteiger partial charge in [0.25, 0.3) is 0 Å². The van der Waals surface area contributed by atoms with Gasteiger partial charge in [-0.05, 0) is 13.3 Å². The van der Waals surface area contributed by atoms with E-state index in [0.29, 0.717) is 6.54 Å². The maximum absolute atomic E-state index is 11.9. The fraction of sp³-hybridized carbons (Fsp3) is 0.357. The van der Waals surface area contributed by atoms with Crippen molar-refractivity contribution in [3.63, 3.8) is 0 Å². The second-order valence-corrected chi connectivity index (χ2v) is 4.20. The molecule has 2 heteroatoms. The molecule has 2 rings (SSSR count). The van der Waals surface area contributed by atoms with Gasteiger partial charge in [-0.3, -0.25) is 9.69 Å². The molecule has 1 heterocycles. The molecule has 0 bridgehead atoms. The molecule has 0 spiro atoms. The summed E-state index contributed by atoms with van der Waals surface area (Å²) in [7, 11) is 0. The number of benzene rings is 1. The van der Waals surface area contributed by atoms with Crippen LogP contribution in [0.15, 0.2) is 42.0 Å². The van der Waals surface area contributed by atoms with Crippen molar-refractivity contribution in [2.24, 2.45) is 0 Å². The highest BCUT2D eigenvalue weighted by atomic mass is 16.1. The number of likely N-dealkylation sites (tertiary alicyclic amines) is 1. The molecule has 0 unspecified atom stereocenters. The van der Waals surface area contributed by atoms with Gasteiger partial charge >= 0.3 is 0 Å². The highest BCUT2D eigenvalue weighted by Crippen LogP contribution is 2.15. The summed E-state index contributed by atoms with van der Waals surface area (Å²) in [5.41, 5.74) is 2.26. The predicted molar refractivity (Wildman–Crippen MR) is 65.6 cm³/mol. The van der Waals surface area contributed by atoms with Crippen molar-refractivity contribution in [2.75, 3.05) is 19.6 Å². The molecule has 0 radical (unpaired) electrons. The molecule has 1 fully saturated rings. The lowest BCUT2D eigenvalue weighted by Gasteiger charge is -2.12. The monoisotopic (exact) mass is 215 g/mol. The smallest absolute Gasteiger partial charge is 0.176 e. The van der Waals surface area contributed by atoms with E-state index < -0.39 is 0 Å². The minimum Gasteiger partial charge on any atom is -0.293 e. The Morgan fingerprint density at radius 2 is 2.12 bits per heavy atom. The summed E-state index contributed by atoms with van der Waals surface area (Å²) >= 11 is 0. The quantitative estimate of drug-likeness (QED) is 0.570. The van der Waals surface area contributed by atoms with Crippen LogP contribution >= 0.6 is 0 Å². The van der Waals surface area contributed by atoms with Crippen LogP contribution in [0.4, 0.5) is 0 Å². The Kier molecular flexibility index (Phi) is 3.52. The lowest BCUT2D eigenvalue weighted by Crippen LogP contribution is -2.27. The van der Waals surface area contributed by atoms with E-state index in [2.05, 4.69) is 17.9 Å². The van der Waals surface area contributed by atoms with Crippen molar-refractivity contribution in [1.82, 2.24) is 4.90 Å². The van der Waals surface area contributed by atoms with Crippen molar-refractivity contribution in [3.05, 3.63) is 47.5 Å². The zero-order chi connectivity index (χ0) is 11.4. The molecule has 0 atom stereocenters. The zero-order valence-corrected chi connectivity index (χ0v) is 9.65. The van der Waals surface area contributed by atoms with Crippen LogP contribution in [0.25, 0.3) is 0 Å². The van der Waals surface area contributed by atoms with Crippen LogP contribution in [0.1, 0.15) is 23.7 Å². The largest absolute Gasteiger partial charge is 0.293 e. The third-order valence-corrected chi connectivity index (χ3v) is 3.05. The van der Waals surface area contributed by atoms with Gasteiger partial charge in [-0.15, -0.1) is 0 Å². The normalized spacial score (nSPS) is 19.2. The zero-order valence-electron chi connectivity index (χ0n) is 9.65. The first-order valence-electron chi connectivity index (χ1n) is 5.74. The molecule has 0 N–H and O–H groups in total. The molecule has 84 valence electrons. The predicted octanol–water partition coefficient (Wildman–Crippen LogP) is 2.52. The standard InChI is InChI=1S/C14H17NO/c1-2-12-8-9-15(10-12)11-14(16)13-6-4-3-5-7-13/h2-7H,8-11H2,1H3. The number of hydrogen-bond acceptors (Lipinski definition) is 2. The second kappa shape index (κ2) is 5.08. The van der Waals surface area contributed by atoms with Crippen LogP contribution < -0.4 is 0 Å². The van der Waals surface area contributed by atoms with Crippen molar-refractivity contribution >= 4 is 5.78 Å². The van der Waals surface area contributed by atoms with Crippen LogP contribution in [0.3, 0.4) is 0 Å². The fourth-order valence-electron chi connectivity index (χ4n) is 2.04. The molecule has 0 aliphatic carbocycles. The van der Waals surface area contributed by atoms with E-state index in [1.54, 1.807) is 0 Å². The van der Waals surface area contributed by atoms with Crippen LogP contribution in [0.5, 0.6) is 0 Å². The van der Waals surface area contributed by atoms with Crippen LogP contribution in [0.2, 0.25) is 0 Å². The van der Waals surface area contributed by atoms with Crippen molar-refractivity contribution in [3.8, 4) is 0 Å². The van der Waals surface area contributed by atoms with Gasteiger partial charge in [-0.1, -0.05) is 42.0 Å². The molecular weight excluding hydrogens is 198 g/mol. The van der Waals surface area contributed by atoms with Gasteiger partial charge in [0.15, 0.2) is 5.78 Å². The summed E-state index contributed by atoms with van der Waals surface area (Å²) in [5.74, 6) is 0.220. The summed E-state index contributed by atoms with van der Waals surface area (Å²) in [6, 6.07) is 9.53. The molecule has 0 saturated carbocycles. The van der Waals surface area contributed by atoms with E-state index in [1.165, 1.54) is 5.57 Å². The number of allylic oxidation sites excluding steroid dienone is 1. The highest BCUT2D eigenvalue weighted by Gasteiger charge is 2.18. The molecule has 1 aromatic carbocycles. The Balaban J connectivity index is 1.94. The van der Waals surface area contributed by atoms with Gasteiger partial charge < -0.3 is 0 Å². The third kappa shape index (κ3) is 2.58. The number of ketones is 1. The van der Waals surface area contributed by atoms with Crippen LogP contribution in [-0.2, 0) is 0 Å². The number of nitrogens with zero attached hydrogens (tertiary/aromatic N) is 1. The minimum absolute atomic E-state index is 0.220. The Morgan fingerprint density at radius 3 is 2.75 bits per heavy atom. The number of hydrogen-bond donors (Lipinski definition) is 0. The van der Waals surface area contributed by atoms with Crippen LogP contribution in [-0.4, -0.2) is 30.3 Å². The number of carbonyl (C=O) groups excluding carboxylic acids is 1. The maximum atomic E-state index is 11.9. The van der Waals surface area contributed by atoms with Crippen molar-refractivity contribution in [2.45, 2.75) is 13.3 Å². The molecule has 0 aromatic heterocycles. The Labute approximate surface area is 96.6 Å². The SMILES string of the molecule is CC=C1CCN(CC(=O)c2ccccc2)C1. The van der Waals surface area contributed by atoms with E-state index in [-0.39, 0.29) is 5.78 Å². The maximum Gasteiger partial charge on any atom is 0.176 e. The first-order chi connectivity index (χ1) is 7.79. The first kappa shape index (κ1) is 11.1. The summed E-state index contributed by atoms with van der Waals surface area (Å²) in [4.78, 5) is 14.1. The third-order valence-electron chi connectivity index (χ3n) is 3.05. The van der Waals surface area contributed by atoms with Gasteiger partial charge in [0.05, 0.1) is 6.54 Å². The van der Waals surface area contributed by atoms with E-state index in [9.17, 15) is 4.79 Å². The second-order valence-electron chi connectivity index (χ2n) is 4.20. The summed E-state index contributed by atoms with van der Waals surface area (Å²) in [6.45, 7) is 4.58. The Morgan fingerprint density at radius 1 is 1.38 bits per heavy atom. The summed E-state index contributed by atoms with van der Waals surface area (Å²) < 4.78 is 0. The van der Waals surface area contributed by atoms with Gasteiger partial charge in [-0.25, -0.2) is 0 Å². The van der Waals surface area contributed by atoms with Gasteiger partial charge in [0.1, 0.15) is 0 Å². The van der Waals surface area contributed by atoms with Gasteiger partial charge in [0, 0.05) is 18.7 Å². The van der Waals surface area contributed by atoms with Gasteiger partial charge in [0.2, 0.25) is 0 Å². The lowest BCUT2D eigenvalue weighted by molar-refractivity contribution is 0.0946. The number of carbonyl (C=O) groups is 1. The first-order valence-corrected chi connectivity index (χ1v) is 5.74. The average Bonchev–Trinajstić information content (AvgIpc) is 2.78. The Hall–Kier alpha value is -1.41. The molecule has 2 nitrogen and oxygen atoms in total. The minimum atomic E-state index is 0.220. The highest BCUT2D eigenvalue weighted by molar-refractivity contribution is 5.97. The molecule has 0 amide bonds. The van der Waals surface area contributed by atoms with Crippen LogP contribution in [0, 0.1) is 0 Å². The average molecular weight is 215 g/mol. The van der Waals surface area contributed by atoms with Crippen molar-refractivity contribution in [1.29, 1.82) is 0 Å². The van der Waals surface area contributed by atoms with E-state index >= 15 is 0 Å². The molecule has 1 aliphatic heterocycles. The molecule has 1 aliphatic rings. The topological polar surface area (TPSA) is 20.3 Å². The molecule has 1 saturated heterocycles. The van der Waals surface area contributed by atoms with Crippen molar-refractivity contribution < 1.29 is 4.79 Å². The van der Waals surface area contributed by atoms with E-state index in [1.807, 2.05) is 30.3 Å². The summed E-state index contributed by atoms with van der Waals surface area (Å²) in [6.07, 6.45) is 3.27. The summed E-state index contributed by atoms with van der Waals surface area (Å²) in [5, 5.41) is 0. The number of rotatable bonds is 3. The van der Waals surface area contributed by atoms with E-state index in [4.69, 9.17) is 0 Å². The molecule has 1 aromatic rings. The Bertz CT molecular complexity index is 394. The lowest BCUT2D eigenvalue weighted by atomic mass is 10.1. The number of Topliss-reactive ketones (excluding diaryl/α,β-unsaturated/α-hetero) is 1. The molecule has 16 heavy (non-hydrogen) atoms. The molecular formula is C14H17NO.